The Hall–Kier alpha value is -1.69. The zero-order valence-corrected chi connectivity index (χ0v) is 18.9. The largest absolute Gasteiger partial charge is 0.341 e. The third-order valence-corrected chi connectivity index (χ3v) is 6.32. The summed E-state index contributed by atoms with van der Waals surface area (Å²) >= 11 is 0. The van der Waals surface area contributed by atoms with E-state index in [9.17, 15) is 4.79 Å². The smallest absolute Gasteiger partial charge is 0.226 e. The van der Waals surface area contributed by atoms with Gasteiger partial charge in [0.2, 0.25) is 11.9 Å². The van der Waals surface area contributed by atoms with Crippen LogP contribution < -0.4 is 10.2 Å². The van der Waals surface area contributed by atoms with Crippen molar-refractivity contribution in [1.82, 2.24) is 20.2 Å². The lowest BCUT2D eigenvalue weighted by atomic mass is 9.78. The molecule has 0 bridgehead atoms. The molecule has 0 aromatic carbocycles. The number of carbonyl (C=O) groups excluding carboxylic acids is 1. The number of aromatic nitrogens is 2. The number of hydrogen-bond acceptors (Lipinski definition) is 5. The molecule has 2 aliphatic heterocycles. The van der Waals surface area contributed by atoms with Gasteiger partial charge in [0.15, 0.2) is 0 Å². The van der Waals surface area contributed by atoms with Gasteiger partial charge in [-0.2, -0.15) is 0 Å². The topological polar surface area (TPSA) is 61.4 Å². The Morgan fingerprint density at radius 2 is 1.72 bits per heavy atom. The summed E-state index contributed by atoms with van der Waals surface area (Å²) in [5.41, 5.74) is 0.0936. The van der Waals surface area contributed by atoms with E-state index in [4.69, 9.17) is 0 Å². The lowest BCUT2D eigenvalue weighted by Crippen LogP contribution is -2.63. The quantitative estimate of drug-likeness (QED) is 0.789. The molecular formula is C23H39N5O. The first-order chi connectivity index (χ1) is 13.7. The number of amides is 1. The Labute approximate surface area is 176 Å². The number of rotatable bonds is 6. The highest BCUT2D eigenvalue weighted by Crippen LogP contribution is 2.33. The van der Waals surface area contributed by atoms with Crippen LogP contribution >= 0.6 is 0 Å². The minimum absolute atomic E-state index is 0.0468. The first-order valence-electron chi connectivity index (χ1n) is 11.3. The van der Waals surface area contributed by atoms with E-state index in [2.05, 4.69) is 59.7 Å². The van der Waals surface area contributed by atoms with Gasteiger partial charge in [-0.1, -0.05) is 13.3 Å². The van der Waals surface area contributed by atoms with E-state index in [1.807, 2.05) is 6.07 Å². The average Bonchev–Trinajstić information content (AvgIpc) is 2.66. The summed E-state index contributed by atoms with van der Waals surface area (Å²) in [6.07, 6.45) is 9.57. The van der Waals surface area contributed by atoms with Crippen molar-refractivity contribution >= 4 is 11.9 Å². The molecule has 0 aliphatic carbocycles. The number of nitrogens with one attached hydrogen (secondary N) is 1. The van der Waals surface area contributed by atoms with Crippen LogP contribution in [0.2, 0.25) is 0 Å². The van der Waals surface area contributed by atoms with Crippen LogP contribution in [0.25, 0.3) is 0 Å². The molecule has 0 saturated carbocycles. The van der Waals surface area contributed by atoms with Crippen LogP contribution in [-0.2, 0) is 4.79 Å². The van der Waals surface area contributed by atoms with Gasteiger partial charge in [0.25, 0.3) is 0 Å². The van der Waals surface area contributed by atoms with Gasteiger partial charge in [-0.3, -0.25) is 4.79 Å². The molecule has 1 aromatic rings. The predicted octanol–water partition coefficient (Wildman–Crippen LogP) is 3.63. The van der Waals surface area contributed by atoms with Crippen LogP contribution in [0.3, 0.4) is 0 Å². The molecule has 0 spiro atoms. The van der Waals surface area contributed by atoms with Crippen LogP contribution in [0, 0.1) is 5.92 Å². The number of unbranched alkanes of at least 4 members (excludes halogenated alkanes) is 1. The lowest BCUT2D eigenvalue weighted by Gasteiger charge is -2.50. The van der Waals surface area contributed by atoms with Crippen LogP contribution in [0.4, 0.5) is 5.95 Å². The Balaban J connectivity index is 1.68. The summed E-state index contributed by atoms with van der Waals surface area (Å²) < 4.78 is 0. The normalized spacial score (nSPS) is 22.4. The van der Waals surface area contributed by atoms with Crippen LogP contribution in [-0.4, -0.2) is 57.5 Å². The highest BCUT2D eigenvalue weighted by molar-refractivity contribution is 5.79. The van der Waals surface area contributed by atoms with Crippen molar-refractivity contribution in [2.24, 2.45) is 5.92 Å². The van der Waals surface area contributed by atoms with Gasteiger partial charge in [-0.05, 0) is 65.9 Å². The zero-order chi connectivity index (χ0) is 21.1. The van der Waals surface area contributed by atoms with E-state index < -0.39 is 0 Å². The molecule has 162 valence electrons. The molecule has 3 heterocycles. The molecule has 1 N–H and O–H groups in total. The van der Waals surface area contributed by atoms with Gasteiger partial charge in [0.05, 0.1) is 0 Å². The summed E-state index contributed by atoms with van der Waals surface area (Å²) in [4.78, 5) is 26.8. The second-order valence-electron chi connectivity index (χ2n) is 10.2. The minimum atomic E-state index is 0.0468. The van der Waals surface area contributed by atoms with E-state index in [1.54, 1.807) is 12.4 Å². The Morgan fingerprint density at radius 1 is 1.14 bits per heavy atom. The fourth-order valence-electron chi connectivity index (χ4n) is 5.31. The minimum Gasteiger partial charge on any atom is -0.341 e. The van der Waals surface area contributed by atoms with Crippen molar-refractivity contribution in [3.63, 3.8) is 0 Å². The highest BCUT2D eigenvalue weighted by atomic mass is 16.2. The van der Waals surface area contributed by atoms with Crippen molar-refractivity contribution in [1.29, 1.82) is 0 Å². The Bertz CT molecular complexity index is 651. The average molecular weight is 402 g/mol. The summed E-state index contributed by atoms with van der Waals surface area (Å²) in [7, 11) is 0. The maximum atomic E-state index is 13.6. The first-order valence-corrected chi connectivity index (χ1v) is 11.3. The lowest BCUT2D eigenvalue weighted by molar-refractivity contribution is -0.140. The second kappa shape index (κ2) is 8.99. The molecule has 29 heavy (non-hydrogen) atoms. The maximum absolute atomic E-state index is 13.6. The molecule has 6 nitrogen and oxygen atoms in total. The molecule has 0 atom stereocenters. The van der Waals surface area contributed by atoms with Crippen LogP contribution in [0.5, 0.6) is 0 Å². The fraction of sp³-hybridized carbons (Fsp3) is 0.783. The highest BCUT2D eigenvalue weighted by Gasteiger charge is 2.42. The predicted molar refractivity (Wildman–Crippen MR) is 118 cm³/mol. The molecule has 2 saturated heterocycles. The first kappa shape index (κ1) is 22.0. The third-order valence-electron chi connectivity index (χ3n) is 6.32. The van der Waals surface area contributed by atoms with E-state index in [-0.39, 0.29) is 17.0 Å². The van der Waals surface area contributed by atoms with E-state index >= 15 is 0 Å². The molecule has 0 radical (unpaired) electrons. The van der Waals surface area contributed by atoms with Crippen LogP contribution in [0.15, 0.2) is 18.5 Å². The van der Waals surface area contributed by atoms with Crippen molar-refractivity contribution in [3.8, 4) is 0 Å². The van der Waals surface area contributed by atoms with E-state index in [0.29, 0.717) is 11.9 Å². The van der Waals surface area contributed by atoms with Crippen molar-refractivity contribution in [2.45, 2.75) is 90.3 Å². The molecular weight excluding hydrogens is 362 g/mol. The molecule has 2 aliphatic rings. The fourth-order valence-corrected chi connectivity index (χ4v) is 5.31. The summed E-state index contributed by atoms with van der Waals surface area (Å²) in [5, 5.41) is 3.76. The Kier molecular flexibility index (Phi) is 6.82. The van der Waals surface area contributed by atoms with Crippen LogP contribution in [0.1, 0.15) is 73.1 Å². The SMILES string of the molecule is CCCCN(C(=O)C1CCN(c2ncccn2)CC1)C1CC(C)(C)NC(C)(C)C1. The number of carbonyl (C=O) groups is 1. The molecule has 0 unspecified atom stereocenters. The van der Waals surface area contributed by atoms with Gasteiger partial charge < -0.3 is 15.1 Å². The number of anilines is 1. The van der Waals surface area contributed by atoms with Gasteiger partial charge in [-0.15, -0.1) is 0 Å². The van der Waals surface area contributed by atoms with Crippen molar-refractivity contribution < 1.29 is 4.79 Å². The number of piperidine rings is 2. The Morgan fingerprint density at radius 3 is 2.28 bits per heavy atom. The van der Waals surface area contributed by atoms with Gasteiger partial charge in [0, 0.05) is 55.1 Å². The standard InChI is InChI=1S/C23H39N5O/c1-6-7-13-28(19-16-22(2,3)26-23(4,5)17-19)20(29)18-9-14-27(15-10-18)21-24-11-8-12-25-21/h8,11-12,18-19,26H,6-7,9-10,13-17H2,1-5H3. The van der Waals surface area contributed by atoms with E-state index in [0.717, 1.165) is 64.1 Å². The maximum Gasteiger partial charge on any atom is 0.226 e. The summed E-state index contributed by atoms with van der Waals surface area (Å²) in [5.74, 6) is 1.27. The number of nitrogens with zero attached hydrogens (tertiary/aromatic N) is 4. The molecule has 2 fully saturated rings. The monoisotopic (exact) mass is 401 g/mol. The zero-order valence-electron chi connectivity index (χ0n) is 18.9. The summed E-state index contributed by atoms with van der Waals surface area (Å²) in [6.45, 7) is 13.9. The van der Waals surface area contributed by atoms with Crippen molar-refractivity contribution in [2.75, 3.05) is 24.5 Å². The van der Waals surface area contributed by atoms with Gasteiger partial charge in [-0.25, -0.2) is 9.97 Å². The van der Waals surface area contributed by atoms with E-state index in [1.165, 1.54) is 0 Å². The van der Waals surface area contributed by atoms with Gasteiger partial charge in [0.1, 0.15) is 0 Å². The summed E-state index contributed by atoms with van der Waals surface area (Å²) in [6, 6.07) is 2.16. The van der Waals surface area contributed by atoms with Crippen molar-refractivity contribution in [3.05, 3.63) is 18.5 Å². The van der Waals surface area contributed by atoms with Gasteiger partial charge >= 0.3 is 0 Å². The molecule has 1 amide bonds. The second-order valence-corrected chi connectivity index (χ2v) is 10.2. The molecule has 3 rings (SSSR count). The number of hydrogen-bond donors (Lipinski definition) is 1. The molecule has 1 aromatic heterocycles. The molecule has 6 heteroatoms. The third kappa shape index (κ3) is 5.68.